The van der Waals surface area contributed by atoms with Crippen molar-refractivity contribution in [2.75, 3.05) is 39.7 Å². The summed E-state index contributed by atoms with van der Waals surface area (Å²) in [6.45, 7) is 6.21. The number of benzene rings is 1. The van der Waals surface area contributed by atoms with E-state index in [1.807, 2.05) is 20.8 Å². The van der Waals surface area contributed by atoms with Gasteiger partial charge in [-0.05, 0) is 32.9 Å². The van der Waals surface area contributed by atoms with E-state index in [1.54, 1.807) is 39.5 Å². The molecule has 0 radical (unpaired) electrons. The average molecular weight is 480 g/mol. The summed E-state index contributed by atoms with van der Waals surface area (Å²) >= 11 is 0. The van der Waals surface area contributed by atoms with Crippen molar-refractivity contribution in [3.8, 4) is 11.5 Å². The number of likely N-dealkylation sites (N-methyl/N-ethyl adjacent to an activating group) is 1. The monoisotopic (exact) mass is 480 g/mol. The van der Waals surface area contributed by atoms with Gasteiger partial charge in [-0.2, -0.15) is 0 Å². The van der Waals surface area contributed by atoms with Crippen molar-refractivity contribution in [2.45, 2.75) is 26.4 Å². The maximum atomic E-state index is 11.8. The summed E-state index contributed by atoms with van der Waals surface area (Å²) in [5.41, 5.74) is 6.06. The van der Waals surface area contributed by atoms with Gasteiger partial charge in [0, 0.05) is 25.3 Å². The minimum Gasteiger partial charge on any atom is -0.493 e. The molecule has 0 heterocycles. The van der Waals surface area contributed by atoms with Crippen molar-refractivity contribution in [3.63, 3.8) is 0 Å². The van der Waals surface area contributed by atoms with Crippen molar-refractivity contribution in [2.24, 2.45) is 10.7 Å². The van der Waals surface area contributed by atoms with E-state index >= 15 is 0 Å². The number of hydrogen-bond acceptors (Lipinski definition) is 5. The Morgan fingerprint density at radius 3 is 2.38 bits per heavy atom. The lowest BCUT2D eigenvalue weighted by atomic mass is 10.2. The first-order valence-electron chi connectivity index (χ1n) is 7.89. The molecule has 8 nitrogen and oxygen atoms in total. The van der Waals surface area contributed by atoms with Crippen LogP contribution in [-0.2, 0) is 4.74 Å². The first-order valence-corrected chi connectivity index (χ1v) is 7.89. The minimum absolute atomic E-state index is 0. The van der Waals surface area contributed by atoms with Gasteiger partial charge in [-0.1, -0.05) is 0 Å². The molecular formula is C17H29IN4O4. The van der Waals surface area contributed by atoms with Crippen LogP contribution in [0.3, 0.4) is 0 Å². The van der Waals surface area contributed by atoms with Gasteiger partial charge in [0.15, 0.2) is 17.5 Å². The van der Waals surface area contributed by atoms with Gasteiger partial charge in [-0.25, -0.2) is 4.79 Å². The molecule has 0 aliphatic heterocycles. The summed E-state index contributed by atoms with van der Waals surface area (Å²) in [4.78, 5) is 17.5. The van der Waals surface area contributed by atoms with Gasteiger partial charge in [0.2, 0.25) is 0 Å². The summed E-state index contributed by atoms with van der Waals surface area (Å²) in [6, 6.07) is 5.33. The molecule has 9 heteroatoms. The summed E-state index contributed by atoms with van der Waals surface area (Å²) < 4.78 is 15.7. The lowest BCUT2D eigenvalue weighted by Crippen LogP contribution is -2.36. The Morgan fingerprint density at radius 1 is 1.23 bits per heavy atom. The highest BCUT2D eigenvalue weighted by molar-refractivity contribution is 14.0. The lowest BCUT2D eigenvalue weighted by Gasteiger charge is -2.24. The molecule has 0 saturated heterocycles. The van der Waals surface area contributed by atoms with Gasteiger partial charge in [-0.15, -0.1) is 24.0 Å². The van der Waals surface area contributed by atoms with E-state index in [4.69, 9.17) is 19.9 Å². The fraction of sp³-hybridized carbons (Fsp3) is 0.529. The van der Waals surface area contributed by atoms with Crippen LogP contribution in [0.15, 0.2) is 23.2 Å². The lowest BCUT2D eigenvalue weighted by molar-refractivity contribution is 0.0304. The molecule has 0 unspecified atom stereocenters. The molecule has 0 fully saturated rings. The molecule has 0 atom stereocenters. The van der Waals surface area contributed by atoms with Crippen LogP contribution in [0.4, 0.5) is 10.5 Å². The smallest absolute Gasteiger partial charge is 0.410 e. The molecule has 0 aliphatic rings. The Morgan fingerprint density at radius 2 is 1.85 bits per heavy atom. The zero-order chi connectivity index (χ0) is 19.0. The van der Waals surface area contributed by atoms with Gasteiger partial charge in [0.1, 0.15) is 5.60 Å². The Kier molecular flexibility index (Phi) is 10.1. The van der Waals surface area contributed by atoms with E-state index in [9.17, 15) is 4.79 Å². The number of nitrogens with one attached hydrogen (secondary N) is 1. The maximum Gasteiger partial charge on any atom is 0.410 e. The zero-order valence-corrected chi connectivity index (χ0v) is 18.5. The Bertz CT molecular complexity index is 617. The molecule has 0 bridgehead atoms. The molecule has 26 heavy (non-hydrogen) atoms. The number of nitrogens with zero attached hydrogens (tertiary/aromatic N) is 2. The van der Waals surface area contributed by atoms with Crippen LogP contribution in [0, 0.1) is 0 Å². The fourth-order valence-electron chi connectivity index (χ4n) is 1.85. The number of hydrogen-bond donors (Lipinski definition) is 2. The van der Waals surface area contributed by atoms with E-state index in [1.165, 1.54) is 4.90 Å². The van der Waals surface area contributed by atoms with Gasteiger partial charge in [0.25, 0.3) is 0 Å². The molecule has 1 amide bonds. The molecular weight excluding hydrogens is 451 g/mol. The van der Waals surface area contributed by atoms with Crippen LogP contribution >= 0.6 is 24.0 Å². The summed E-state index contributed by atoms with van der Waals surface area (Å²) in [5, 5.41) is 2.97. The first kappa shape index (κ1) is 24.1. The van der Waals surface area contributed by atoms with Crippen molar-refractivity contribution in [1.29, 1.82) is 0 Å². The molecule has 0 saturated carbocycles. The Balaban J connectivity index is 0.00000625. The summed E-state index contributed by atoms with van der Waals surface area (Å²) in [7, 11) is 4.79. The maximum absolute atomic E-state index is 11.8. The average Bonchev–Trinajstić information content (AvgIpc) is 2.52. The van der Waals surface area contributed by atoms with E-state index in [2.05, 4.69) is 10.3 Å². The second kappa shape index (κ2) is 10.9. The number of anilines is 1. The largest absolute Gasteiger partial charge is 0.493 e. The van der Waals surface area contributed by atoms with Gasteiger partial charge in [0.05, 0.1) is 20.8 Å². The number of carbonyl (C=O) groups excluding carboxylic acids is 1. The molecule has 148 valence electrons. The summed E-state index contributed by atoms with van der Waals surface area (Å²) in [6.07, 6.45) is -0.394. The van der Waals surface area contributed by atoms with E-state index in [0.717, 1.165) is 5.69 Å². The standard InChI is InChI=1S/C17H28N4O4.HI/c1-17(2,3)25-16(22)21(4)10-9-19-15(18)20-12-7-8-13(23-5)14(11-12)24-6;/h7-8,11H,9-10H2,1-6H3,(H3,18,19,20);1H. The van der Waals surface area contributed by atoms with Crippen LogP contribution in [0.5, 0.6) is 11.5 Å². The highest BCUT2D eigenvalue weighted by Gasteiger charge is 2.19. The fourth-order valence-corrected chi connectivity index (χ4v) is 1.85. The van der Waals surface area contributed by atoms with Crippen LogP contribution < -0.4 is 20.5 Å². The minimum atomic E-state index is -0.525. The number of ether oxygens (including phenoxy) is 3. The third-order valence-electron chi connectivity index (χ3n) is 3.08. The molecule has 1 aromatic carbocycles. The number of guanidine groups is 1. The summed E-state index contributed by atoms with van der Waals surface area (Å²) in [5.74, 6) is 1.46. The van der Waals surface area contributed by atoms with Crippen LogP contribution in [-0.4, -0.2) is 56.9 Å². The highest BCUT2D eigenvalue weighted by Crippen LogP contribution is 2.29. The predicted octanol–water partition coefficient (Wildman–Crippen LogP) is 2.92. The number of methoxy groups -OCH3 is 2. The predicted molar refractivity (Wildman–Crippen MR) is 114 cm³/mol. The van der Waals surface area contributed by atoms with Gasteiger partial charge < -0.3 is 30.2 Å². The second-order valence-electron chi connectivity index (χ2n) is 6.36. The SMILES string of the molecule is COc1ccc(NC(N)=NCCN(C)C(=O)OC(C)(C)C)cc1OC.I. The number of halogens is 1. The van der Waals surface area contributed by atoms with Crippen LogP contribution in [0.2, 0.25) is 0 Å². The third kappa shape index (κ3) is 8.45. The van der Waals surface area contributed by atoms with Gasteiger partial charge >= 0.3 is 6.09 Å². The normalized spacial score (nSPS) is 11.2. The number of aliphatic imine (C=N–C) groups is 1. The topological polar surface area (TPSA) is 98.4 Å². The van der Waals surface area contributed by atoms with Crippen LogP contribution in [0.1, 0.15) is 20.8 Å². The Hall–Kier alpha value is -1.91. The molecule has 3 N–H and O–H groups in total. The van der Waals surface area contributed by atoms with E-state index in [0.29, 0.717) is 24.6 Å². The van der Waals surface area contributed by atoms with Crippen LogP contribution in [0.25, 0.3) is 0 Å². The number of carbonyl (C=O) groups is 1. The van der Waals surface area contributed by atoms with Crippen molar-refractivity contribution in [1.82, 2.24) is 4.90 Å². The van der Waals surface area contributed by atoms with E-state index < -0.39 is 11.7 Å². The van der Waals surface area contributed by atoms with Crippen molar-refractivity contribution < 1.29 is 19.0 Å². The zero-order valence-electron chi connectivity index (χ0n) is 16.2. The molecule has 0 aliphatic carbocycles. The quantitative estimate of drug-likeness (QED) is 0.369. The third-order valence-corrected chi connectivity index (χ3v) is 3.08. The molecule has 1 rings (SSSR count). The van der Waals surface area contributed by atoms with Crippen molar-refractivity contribution >= 4 is 41.7 Å². The van der Waals surface area contributed by atoms with Gasteiger partial charge in [-0.3, -0.25) is 4.99 Å². The highest BCUT2D eigenvalue weighted by atomic mass is 127. The Labute approximate surface area is 172 Å². The molecule has 0 spiro atoms. The number of amides is 1. The van der Waals surface area contributed by atoms with E-state index in [-0.39, 0.29) is 29.9 Å². The molecule has 1 aromatic rings. The second-order valence-corrected chi connectivity index (χ2v) is 6.36. The molecule has 0 aromatic heterocycles. The first-order chi connectivity index (χ1) is 11.7. The van der Waals surface area contributed by atoms with Crippen molar-refractivity contribution in [3.05, 3.63) is 18.2 Å². The number of nitrogens with two attached hydrogens (primary N) is 1. The number of rotatable bonds is 6.